The summed E-state index contributed by atoms with van der Waals surface area (Å²) in [7, 11) is 0. The van der Waals surface area contributed by atoms with Crippen molar-refractivity contribution in [2.75, 3.05) is 30.3 Å². The number of nitrogens with two attached hydrogens (primary N) is 2. The lowest BCUT2D eigenvalue weighted by Gasteiger charge is -2.42. The molecule has 0 saturated carbocycles. The first-order valence-corrected chi connectivity index (χ1v) is 13.3. The second-order valence-electron chi connectivity index (χ2n) is 9.77. The summed E-state index contributed by atoms with van der Waals surface area (Å²) in [6, 6.07) is 8.25. The van der Waals surface area contributed by atoms with Crippen LogP contribution in [0.4, 0.5) is 10.8 Å². The fourth-order valence-electron chi connectivity index (χ4n) is 6.18. The number of ketones is 1. The van der Waals surface area contributed by atoms with E-state index >= 15 is 0 Å². The van der Waals surface area contributed by atoms with Gasteiger partial charge in [0.2, 0.25) is 5.78 Å². The number of aromatic amines is 1. The summed E-state index contributed by atoms with van der Waals surface area (Å²) in [5.74, 6) is 0.854. The highest BCUT2D eigenvalue weighted by Gasteiger charge is 2.46. The smallest absolute Gasteiger partial charge is 0.275 e. The van der Waals surface area contributed by atoms with E-state index in [1.54, 1.807) is 0 Å². The van der Waals surface area contributed by atoms with E-state index in [0.29, 0.717) is 33.9 Å². The number of nitriles is 1. The molecule has 5 rings (SSSR count). The maximum Gasteiger partial charge on any atom is 0.275 e. The Bertz CT molecular complexity index is 1240. The summed E-state index contributed by atoms with van der Waals surface area (Å²) >= 11 is 1.51. The van der Waals surface area contributed by atoms with Crippen molar-refractivity contribution in [1.29, 1.82) is 5.26 Å². The molecule has 3 aliphatic rings. The molecule has 2 atom stereocenters. The molecule has 2 aromatic heterocycles. The predicted molar refractivity (Wildman–Crippen MR) is 139 cm³/mol. The normalized spacial score (nSPS) is 24.5. The van der Waals surface area contributed by atoms with E-state index in [2.05, 4.69) is 27.8 Å². The zero-order chi connectivity index (χ0) is 24.6. The summed E-state index contributed by atoms with van der Waals surface area (Å²) in [4.78, 5) is 20.7. The number of hydrogen-bond donors (Lipinski definition) is 3. The van der Waals surface area contributed by atoms with E-state index in [4.69, 9.17) is 11.5 Å². The van der Waals surface area contributed by atoms with Crippen LogP contribution in [0.5, 0.6) is 0 Å². The van der Waals surface area contributed by atoms with Crippen LogP contribution in [0.1, 0.15) is 65.0 Å². The van der Waals surface area contributed by atoms with Crippen molar-refractivity contribution in [3.05, 3.63) is 63.8 Å². The Morgan fingerprint density at radius 1 is 1.29 bits per heavy atom. The van der Waals surface area contributed by atoms with E-state index in [1.807, 2.05) is 24.3 Å². The van der Waals surface area contributed by atoms with E-state index in [0.717, 1.165) is 74.4 Å². The number of fused-ring (bicyclic) bond motifs is 2. The van der Waals surface area contributed by atoms with Crippen molar-refractivity contribution >= 4 is 27.9 Å². The number of carbonyl (C=O) groups is 1. The molecule has 0 amide bonds. The van der Waals surface area contributed by atoms with Crippen LogP contribution in [0, 0.1) is 11.3 Å². The van der Waals surface area contributed by atoms with Crippen molar-refractivity contribution in [3.63, 3.8) is 0 Å². The highest BCUT2D eigenvalue weighted by Crippen LogP contribution is 2.53. The summed E-state index contributed by atoms with van der Waals surface area (Å²) in [5, 5.41) is 13.9. The number of aryl methyl sites for hydroxylation is 1. The van der Waals surface area contributed by atoms with Crippen LogP contribution in [-0.2, 0) is 11.8 Å². The average molecular weight is 490 g/mol. The Labute approximate surface area is 210 Å². The van der Waals surface area contributed by atoms with E-state index in [9.17, 15) is 10.1 Å². The van der Waals surface area contributed by atoms with Crippen LogP contribution in [0.2, 0.25) is 0 Å². The van der Waals surface area contributed by atoms with Gasteiger partial charge in [0.1, 0.15) is 17.1 Å². The molecule has 6 N–H and O–H groups in total. The third-order valence-corrected chi connectivity index (χ3v) is 8.94. The summed E-state index contributed by atoms with van der Waals surface area (Å²) in [6.45, 7) is 6.67. The molecule has 2 aliphatic carbocycles. The number of nitrogens with one attached hydrogen (secondary N) is 2. The number of carbonyl (C=O) groups excluding carboxylic acids is 1. The van der Waals surface area contributed by atoms with Crippen molar-refractivity contribution in [1.82, 2.24) is 5.32 Å². The highest BCUT2D eigenvalue weighted by molar-refractivity contribution is 7.16. The van der Waals surface area contributed by atoms with Gasteiger partial charge in [0.25, 0.3) is 5.82 Å². The molecule has 7 nitrogen and oxygen atoms in total. The number of Topliss-reactive ketones (excluding diaryl/α,β-unsaturated/α-hetero) is 1. The Morgan fingerprint density at radius 2 is 2.09 bits per heavy atom. The van der Waals surface area contributed by atoms with Crippen LogP contribution < -0.4 is 26.7 Å². The first kappa shape index (κ1) is 23.6. The van der Waals surface area contributed by atoms with E-state index in [-0.39, 0.29) is 11.8 Å². The minimum absolute atomic E-state index is 0.0552. The molecule has 1 saturated heterocycles. The third-order valence-electron chi connectivity index (χ3n) is 7.86. The number of nitrogens with zero attached hydrogens (tertiary/aromatic N) is 2. The van der Waals surface area contributed by atoms with E-state index < -0.39 is 5.41 Å². The molecule has 0 bridgehead atoms. The third kappa shape index (κ3) is 3.93. The van der Waals surface area contributed by atoms with Gasteiger partial charge in [-0.2, -0.15) is 5.26 Å². The monoisotopic (exact) mass is 489 g/mol. The van der Waals surface area contributed by atoms with Gasteiger partial charge in [-0.1, -0.05) is 6.58 Å². The highest BCUT2D eigenvalue weighted by atomic mass is 32.1. The number of aromatic nitrogens is 1. The number of hydrogen-bond acceptors (Lipinski definition) is 7. The number of H-pyrrole nitrogens is 1. The molecule has 1 aliphatic heterocycles. The Hall–Kier alpha value is -3.15. The molecule has 0 radical (unpaired) electrons. The zero-order valence-corrected chi connectivity index (χ0v) is 20.8. The van der Waals surface area contributed by atoms with Crippen LogP contribution in [0.3, 0.4) is 0 Å². The molecule has 182 valence electrons. The second kappa shape index (κ2) is 9.48. The van der Waals surface area contributed by atoms with Crippen molar-refractivity contribution in [2.24, 2.45) is 5.73 Å². The Morgan fingerprint density at radius 3 is 2.86 bits per heavy atom. The minimum Gasteiger partial charge on any atom is -0.401 e. The molecular weight excluding hydrogens is 456 g/mol. The zero-order valence-electron chi connectivity index (χ0n) is 20.0. The fourth-order valence-corrected chi connectivity index (χ4v) is 7.34. The van der Waals surface area contributed by atoms with Gasteiger partial charge in [-0.3, -0.25) is 9.69 Å². The molecule has 0 unspecified atom stereocenters. The predicted octanol–water partition coefficient (Wildman–Crippen LogP) is 3.22. The van der Waals surface area contributed by atoms with Gasteiger partial charge in [0.05, 0.1) is 12.1 Å². The number of nitrogen functional groups attached to an aromatic ring is 1. The summed E-state index contributed by atoms with van der Waals surface area (Å²) in [5.41, 5.74) is 16.0. The molecule has 2 aromatic rings. The first-order chi connectivity index (χ1) is 17.0. The van der Waals surface area contributed by atoms with Gasteiger partial charge in [-0.05, 0) is 75.3 Å². The van der Waals surface area contributed by atoms with Gasteiger partial charge < -0.3 is 16.8 Å². The number of allylic oxidation sites excluding steroid dienone is 2. The number of pyridine rings is 1. The van der Waals surface area contributed by atoms with Crippen molar-refractivity contribution < 1.29 is 9.78 Å². The van der Waals surface area contributed by atoms with Gasteiger partial charge in [0, 0.05) is 34.2 Å². The standard InChI is InChI=1S/C27H32N6OS/c1-2-17-16-31-13-6-14-33(17)22-10-3-8-20(32-22)24(34)18-7-4-11-27(25(18)29)12-5-9-21-23(27)19(15-28)26(30)35-21/h2-3,8,10,17,31H,1,4-7,9,11-14,16,29-30H2/p+1/t17-,27-/m0/s1. The molecule has 1 spiro atoms. The number of thiophene rings is 1. The largest absolute Gasteiger partial charge is 0.401 e. The second-order valence-corrected chi connectivity index (χ2v) is 10.9. The molecule has 3 heterocycles. The van der Waals surface area contributed by atoms with Gasteiger partial charge >= 0.3 is 0 Å². The van der Waals surface area contributed by atoms with Crippen molar-refractivity contribution in [2.45, 2.75) is 56.4 Å². The lowest BCUT2D eigenvalue weighted by molar-refractivity contribution is -0.368. The maximum atomic E-state index is 13.9. The van der Waals surface area contributed by atoms with Crippen molar-refractivity contribution in [3.8, 4) is 6.07 Å². The number of anilines is 2. The fraction of sp³-hybridized carbons (Fsp3) is 0.444. The molecule has 0 aromatic carbocycles. The van der Waals surface area contributed by atoms with Crippen LogP contribution in [0.25, 0.3) is 0 Å². The van der Waals surface area contributed by atoms with Crippen LogP contribution >= 0.6 is 11.3 Å². The lowest BCUT2D eigenvalue weighted by Crippen LogP contribution is -2.43. The summed E-state index contributed by atoms with van der Waals surface area (Å²) < 4.78 is 0. The van der Waals surface area contributed by atoms with Gasteiger partial charge in [0.15, 0.2) is 5.69 Å². The SMILES string of the molecule is C=C[C@H]1CNCCCN1c1cccc(C(=O)C2=C(N)[C@@]3(CCC2)CCCc2sc(N)c(C#N)c23)[nH+]1. The molecule has 8 heteroatoms. The van der Waals surface area contributed by atoms with Crippen LogP contribution in [0.15, 0.2) is 42.1 Å². The van der Waals surface area contributed by atoms with Gasteiger partial charge in [-0.25, -0.2) is 4.98 Å². The maximum absolute atomic E-state index is 13.9. The molecular formula is C27H33N6OS+. The lowest BCUT2D eigenvalue weighted by atomic mass is 9.62. The van der Waals surface area contributed by atoms with E-state index in [1.165, 1.54) is 11.3 Å². The molecule has 1 fully saturated rings. The quantitative estimate of drug-likeness (QED) is 0.448. The van der Waals surface area contributed by atoms with Crippen LogP contribution in [-0.4, -0.2) is 31.5 Å². The number of rotatable bonds is 4. The average Bonchev–Trinajstić information content (AvgIpc) is 3.04. The summed E-state index contributed by atoms with van der Waals surface area (Å²) in [6.07, 6.45) is 8.05. The minimum atomic E-state index is -0.474. The first-order valence-electron chi connectivity index (χ1n) is 12.5. The van der Waals surface area contributed by atoms with Gasteiger partial charge in [-0.15, -0.1) is 11.3 Å². The Balaban J connectivity index is 1.54. The topological polar surface area (TPSA) is 122 Å². The molecule has 35 heavy (non-hydrogen) atoms. The Kier molecular flexibility index (Phi) is 6.39.